The van der Waals surface area contributed by atoms with E-state index in [1.807, 2.05) is 18.2 Å². The summed E-state index contributed by atoms with van der Waals surface area (Å²) in [4.78, 5) is 0. The molecule has 0 heteroatoms. The summed E-state index contributed by atoms with van der Waals surface area (Å²) >= 11 is 0. The third-order valence-corrected chi connectivity index (χ3v) is 1.54. The molecule has 0 spiro atoms. The number of allylic oxidation sites excluding steroid dienone is 1. The number of hydrogen-bond acceptors (Lipinski definition) is 0. The lowest BCUT2D eigenvalue weighted by Gasteiger charge is -1.92. The van der Waals surface area contributed by atoms with Gasteiger partial charge in [0.25, 0.3) is 0 Å². The third kappa shape index (κ3) is 0.672. The van der Waals surface area contributed by atoms with E-state index < -0.39 is 0 Å². The molecule has 2 rings (SSSR count). The molecule has 1 aliphatic carbocycles. The van der Waals surface area contributed by atoms with Crippen LogP contribution in [0.15, 0.2) is 18.2 Å². The molecule has 1 aromatic carbocycles. The summed E-state index contributed by atoms with van der Waals surface area (Å²) in [6, 6.07) is 9.05. The van der Waals surface area contributed by atoms with Crippen molar-refractivity contribution < 1.29 is 0 Å². The van der Waals surface area contributed by atoms with Crippen molar-refractivity contribution >= 4 is 6.08 Å². The minimum atomic E-state index is 0.976. The van der Waals surface area contributed by atoms with Gasteiger partial charge in [-0.15, -0.1) is 0 Å². The van der Waals surface area contributed by atoms with Crippen LogP contribution in [-0.2, 0) is 6.42 Å². The van der Waals surface area contributed by atoms with Crippen molar-refractivity contribution in [2.75, 3.05) is 0 Å². The molecule has 0 fully saturated rings. The Balaban J connectivity index is 2.63. The SMILES string of the molecule is [C]1=Cc2c[c]ccc2C1. The number of benzene rings is 1. The Bertz CT molecular complexity index is 246. The number of fused-ring (bicyclic) bond motifs is 1. The monoisotopic (exact) mass is 114 g/mol. The Morgan fingerprint density at radius 3 is 3.33 bits per heavy atom. The van der Waals surface area contributed by atoms with E-state index in [0.29, 0.717) is 0 Å². The minimum Gasteiger partial charge on any atom is -0.0575 e. The lowest BCUT2D eigenvalue weighted by molar-refractivity contribution is 1.28. The van der Waals surface area contributed by atoms with Gasteiger partial charge >= 0.3 is 0 Å². The highest BCUT2D eigenvalue weighted by Gasteiger charge is 2.00. The first-order chi connectivity index (χ1) is 4.47. The molecule has 0 aromatic heterocycles. The summed E-state index contributed by atoms with van der Waals surface area (Å²) in [5.41, 5.74) is 2.64. The van der Waals surface area contributed by atoms with Crippen LogP contribution >= 0.6 is 0 Å². The van der Waals surface area contributed by atoms with Crippen LogP contribution in [0.3, 0.4) is 0 Å². The summed E-state index contributed by atoms with van der Waals surface area (Å²) in [7, 11) is 0. The maximum absolute atomic E-state index is 3.14. The lowest BCUT2D eigenvalue weighted by Crippen LogP contribution is -1.77. The fourth-order valence-corrected chi connectivity index (χ4v) is 1.04. The molecule has 0 amide bonds. The fraction of sp³-hybridized carbons (Fsp3) is 0.111. The molecular weight excluding hydrogens is 108 g/mol. The molecule has 9 heavy (non-hydrogen) atoms. The van der Waals surface area contributed by atoms with Gasteiger partial charge in [-0.3, -0.25) is 0 Å². The highest BCUT2D eigenvalue weighted by molar-refractivity contribution is 5.56. The zero-order valence-electron chi connectivity index (χ0n) is 5.02. The van der Waals surface area contributed by atoms with Crippen LogP contribution in [-0.4, -0.2) is 0 Å². The Morgan fingerprint density at radius 1 is 1.44 bits per heavy atom. The van der Waals surface area contributed by atoms with Gasteiger partial charge in [-0.25, -0.2) is 0 Å². The molecule has 0 N–H and O–H groups in total. The van der Waals surface area contributed by atoms with Gasteiger partial charge in [0.05, 0.1) is 0 Å². The van der Waals surface area contributed by atoms with Crippen molar-refractivity contribution in [2.24, 2.45) is 0 Å². The van der Waals surface area contributed by atoms with Gasteiger partial charge < -0.3 is 0 Å². The van der Waals surface area contributed by atoms with Crippen LogP contribution in [0, 0.1) is 12.1 Å². The van der Waals surface area contributed by atoms with E-state index in [1.54, 1.807) is 0 Å². The molecule has 0 atom stereocenters. The first-order valence-electron chi connectivity index (χ1n) is 3.02. The van der Waals surface area contributed by atoms with Crippen molar-refractivity contribution in [3.8, 4) is 0 Å². The molecule has 1 aliphatic rings. The predicted molar refractivity (Wildman–Crippen MR) is 36.7 cm³/mol. The van der Waals surface area contributed by atoms with E-state index in [-0.39, 0.29) is 0 Å². The largest absolute Gasteiger partial charge is 0.0575 e. The van der Waals surface area contributed by atoms with Crippen LogP contribution in [0.1, 0.15) is 11.1 Å². The van der Waals surface area contributed by atoms with Crippen LogP contribution in [0.2, 0.25) is 0 Å². The molecule has 1 aromatic rings. The second-order valence-electron chi connectivity index (χ2n) is 2.15. The van der Waals surface area contributed by atoms with Crippen LogP contribution in [0.5, 0.6) is 0 Å². The standard InChI is InChI=1S/C9H6/c1-2-5-9-7-3-6-8(9)4-1/h1,4-5,7H,6H2. The van der Waals surface area contributed by atoms with E-state index in [4.69, 9.17) is 0 Å². The second-order valence-corrected chi connectivity index (χ2v) is 2.15. The zero-order valence-corrected chi connectivity index (χ0v) is 5.02. The van der Waals surface area contributed by atoms with Gasteiger partial charge in [-0.05, 0) is 35.8 Å². The maximum atomic E-state index is 3.14. The molecule has 0 bridgehead atoms. The average Bonchev–Trinajstić information content (AvgIpc) is 2.33. The smallest absolute Gasteiger partial charge is 0.00168 e. The third-order valence-electron chi connectivity index (χ3n) is 1.54. The predicted octanol–water partition coefficient (Wildman–Crippen LogP) is 1.86. The second kappa shape index (κ2) is 1.73. The van der Waals surface area contributed by atoms with Gasteiger partial charge in [0.2, 0.25) is 0 Å². The first-order valence-corrected chi connectivity index (χ1v) is 3.02. The van der Waals surface area contributed by atoms with Gasteiger partial charge in [-0.1, -0.05) is 18.2 Å². The number of hydrogen-bond donors (Lipinski definition) is 0. The van der Waals surface area contributed by atoms with Crippen LogP contribution in [0.4, 0.5) is 0 Å². The summed E-state index contributed by atoms with van der Waals surface area (Å²) in [6.45, 7) is 0. The van der Waals surface area contributed by atoms with E-state index in [2.05, 4.69) is 18.2 Å². The van der Waals surface area contributed by atoms with Gasteiger partial charge in [-0.2, -0.15) is 0 Å². The Kier molecular flexibility index (Phi) is 0.922. The van der Waals surface area contributed by atoms with Gasteiger partial charge in [0.1, 0.15) is 0 Å². The Labute approximate surface area is 54.8 Å². The molecule has 0 unspecified atom stereocenters. The molecule has 2 radical (unpaired) electrons. The van der Waals surface area contributed by atoms with Gasteiger partial charge in [0, 0.05) is 0 Å². The highest BCUT2D eigenvalue weighted by Crippen LogP contribution is 2.16. The van der Waals surface area contributed by atoms with Crippen molar-refractivity contribution in [2.45, 2.75) is 6.42 Å². The summed E-state index contributed by atoms with van der Waals surface area (Å²) < 4.78 is 0. The normalized spacial score (nSPS) is 13.8. The summed E-state index contributed by atoms with van der Waals surface area (Å²) in [6.07, 6.45) is 6.14. The summed E-state index contributed by atoms with van der Waals surface area (Å²) in [5, 5.41) is 0. The van der Waals surface area contributed by atoms with Gasteiger partial charge in [0.15, 0.2) is 0 Å². The number of rotatable bonds is 0. The van der Waals surface area contributed by atoms with Crippen molar-refractivity contribution in [3.63, 3.8) is 0 Å². The Morgan fingerprint density at radius 2 is 2.44 bits per heavy atom. The van der Waals surface area contributed by atoms with E-state index >= 15 is 0 Å². The van der Waals surface area contributed by atoms with E-state index in [9.17, 15) is 0 Å². The van der Waals surface area contributed by atoms with Crippen molar-refractivity contribution in [3.05, 3.63) is 41.5 Å². The Hall–Kier alpha value is -1.04. The van der Waals surface area contributed by atoms with Crippen LogP contribution in [0.25, 0.3) is 6.08 Å². The van der Waals surface area contributed by atoms with E-state index in [1.165, 1.54) is 11.1 Å². The maximum Gasteiger partial charge on any atom is -0.00168 e. The highest BCUT2D eigenvalue weighted by atomic mass is 14.0. The zero-order chi connectivity index (χ0) is 6.10. The average molecular weight is 114 g/mol. The quantitative estimate of drug-likeness (QED) is 0.483. The van der Waals surface area contributed by atoms with Crippen LogP contribution < -0.4 is 0 Å². The van der Waals surface area contributed by atoms with Crippen molar-refractivity contribution in [1.29, 1.82) is 0 Å². The fourth-order valence-electron chi connectivity index (χ4n) is 1.04. The first kappa shape index (κ1) is 4.80. The summed E-state index contributed by atoms with van der Waals surface area (Å²) in [5.74, 6) is 0. The minimum absolute atomic E-state index is 0.976. The molecule has 0 saturated heterocycles. The molecule has 0 nitrogen and oxygen atoms in total. The van der Waals surface area contributed by atoms with E-state index in [0.717, 1.165) is 6.42 Å². The molecule has 0 heterocycles. The molecular formula is C9H6. The van der Waals surface area contributed by atoms with Crippen molar-refractivity contribution in [1.82, 2.24) is 0 Å². The topological polar surface area (TPSA) is 0 Å². The molecule has 0 aliphatic heterocycles. The lowest BCUT2D eigenvalue weighted by atomic mass is 10.1. The molecule has 0 saturated carbocycles. The molecule has 42 valence electrons.